The third-order valence-electron chi connectivity index (χ3n) is 3.55. The number of H-pyrrole nitrogens is 1. The molecule has 0 fully saturated rings. The Kier molecular flexibility index (Phi) is 3.12. The lowest BCUT2D eigenvalue weighted by molar-refractivity contribution is 0.111. The number of hydrogen-bond acceptors (Lipinski definition) is 6. The number of oxazole rings is 1. The van der Waals surface area contributed by atoms with E-state index in [0.29, 0.717) is 33.0 Å². The van der Waals surface area contributed by atoms with Gasteiger partial charge in [-0.1, -0.05) is 24.3 Å². The van der Waals surface area contributed by atoms with E-state index in [2.05, 4.69) is 22.0 Å². The Morgan fingerprint density at radius 3 is 3.09 bits per heavy atom. The summed E-state index contributed by atoms with van der Waals surface area (Å²) in [6.45, 7) is 2.08. The summed E-state index contributed by atoms with van der Waals surface area (Å²) in [6, 6.07) is 5.22. The van der Waals surface area contributed by atoms with Crippen LogP contribution in [0, 0.1) is 0 Å². The van der Waals surface area contributed by atoms with Gasteiger partial charge in [0, 0.05) is 12.0 Å². The van der Waals surface area contributed by atoms with Crippen LogP contribution in [0.2, 0.25) is 0 Å². The highest BCUT2D eigenvalue weighted by Gasteiger charge is 2.18. The highest BCUT2D eigenvalue weighted by Crippen LogP contribution is 2.28. The number of nitrogens with one attached hydrogen (secondary N) is 1. The lowest BCUT2D eigenvalue weighted by Gasteiger charge is -1.98. The van der Waals surface area contributed by atoms with Gasteiger partial charge in [-0.3, -0.25) is 9.78 Å². The van der Waals surface area contributed by atoms with E-state index < -0.39 is 5.76 Å². The molecule has 0 aliphatic heterocycles. The zero-order valence-corrected chi connectivity index (χ0v) is 13.0. The summed E-state index contributed by atoms with van der Waals surface area (Å²) in [6.07, 6.45) is 2.60. The quantitative estimate of drug-likeness (QED) is 0.581. The third kappa shape index (κ3) is 2.18. The summed E-state index contributed by atoms with van der Waals surface area (Å²) in [5.74, 6) is -0.510. The van der Waals surface area contributed by atoms with Crippen molar-refractivity contribution < 1.29 is 9.21 Å². The monoisotopic (exact) mass is 328 g/mol. The van der Waals surface area contributed by atoms with Crippen LogP contribution in [0.4, 0.5) is 0 Å². The highest BCUT2D eigenvalue weighted by atomic mass is 32.1. The fourth-order valence-electron chi connectivity index (χ4n) is 2.53. The topological polar surface area (TPSA) is 93.3 Å². The number of carbonyl (C=O) groups excluding carboxylic acids is 1. The Bertz CT molecular complexity index is 1090. The van der Waals surface area contributed by atoms with Gasteiger partial charge in [-0.2, -0.15) is 9.61 Å². The lowest BCUT2D eigenvalue weighted by Crippen LogP contribution is -1.95. The molecule has 0 unspecified atom stereocenters. The van der Waals surface area contributed by atoms with Crippen molar-refractivity contribution in [3.63, 3.8) is 0 Å². The van der Waals surface area contributed by atoms with Crippen molar-refractivity contribution in [2.45, 2.75) is 19.8 Å². The van der Waals surface area contributed by atoms with Crippen LogP contribution in [-0.4, -0.2) is 25.9 Å². The SMILES string of the molecule is CCCc1nn2c(C=O)c(-c3ccc4[nH]c(=O)oc4c3)nc2s1. The fourth-order valence-corrected chi connectivity index (χ4v) is 3.53. The minimum Gasteiger partial charge on any atom is -0.408 e. The third-order valence-corrected chi connectivity index (χ3v) is 4.52. The lowest BCUT2D eigenvalue weighted by atomic mass is 10.1. The molecule has 7 nitrogen and oxygen atoms in total. The van der Waals surface area contributed by atoms with Crippen LogP contribution < -0.4 is 5.76 Å². The molecule has 3 aromatic heterocycles. The van der Waals surface area contributed by atoms with E-state index in [1.165, 1.54) is 11.3 Å². The van der Waals surface area contributed by atoms with Crippen LogP contribution >= 0.6 is 11.3 Å². The number of carbonyl (C=O) groups is 1. The van der Waals surface area contributed by atoms with E-state index in [1.54, 1.807) is 22.7 Å². The summed E-state index contributed by atoms with van der Waals surface area (Å²) in [4.78, 5) is 30.6. The number of imidazole rings is 1. The molecule has 0 saturated carbocycles. The van der Waals surface area contributed by atoms with Crippen molar-refractivity contribution in [1.29, 1.82) is 0 Å². The maximum atomic E-state index is 11.5. The second-order valence-corrected chi connectivity index (χ2v) is 6.17. The maximum absolute atomic E-state index is 11.5. The van der Waals surface area contributed by atoms with Gasteiger partial charge in [0.2, 0.25) is 4.96 Å². The van der Waals surface area contributed by atoms with E-state index in [9.17, 15) is 9.59 Å². The zero-order chi connectivity index (χ0) is 16.0. The molecule has 0 bridgehead atoms. The Balaban J connectivity index is 1.90. The van der Waals surface area contributed by atoms with E-state index >= 15 is 0 Å². The summed E-state index contributed by atoms with van der Waals surface area (Å²) >= 11 is 1.48. The van der Waals surface area contributed by atoms with Gasteiger partial charge < -0.3 is 4.42 Å². The predicted octanol–water partition coefficient (Wildman–Crippen LogP) is 2.66. The van der Waals surface area contributed by atoms with Crippen molar-refractivity contribution in [2.24, 2.45) is 0 Å². The number of benzene rings is 1. The van der Waals surface area contributed by atoms with E-state index in [0.717, 1.165) is 24.1 Å². The summed E-state index contributed by atoms with van der Waals surface area (Å²) < 4.78 is 6.64. The predicted molar refractivity (Wildman–Crippen MR) is 86.1 cm³/mol. The maximum Gasteiger partial charge on any atom is 0.417 e. The largest absolute Gasteiger partial charge is 0.417 e. The smallest absolute Gasteiger partial charge is 0.408 e. The zero-order valence-electron chi connectivity index (χ0n) is 12.2. The van der Waals surface area contributed by atoms with E-state index in [-0.39, 0.29) is 0 Å². The Hall–Kier alpha value is -2.74. The molecule has 0 saturated heterocycles. The Labute approximate surface area is 133 Å². The Morgan fingerprint density at radius 2 is 2.30 bits per heavy atom. The normalized spacial score (nSPS) is 11.5. The van der Waals surface area contributed by atoms with Crippen LogP contribution in [0.3, 0.4) is 0 Å². The molecule has 0 radical (unpaired) electrons. The van der Waals surface area contributed by atoms with Gasteiger partial charge in [-0.25, -0.2) is 9.78 Å². The van der Waals surface area contributed by atoms with Gasteiger partial charge in [0.1, 0.15) is 16.4 Å². The standard InChI is InChI=1S/C15H12N4O3S/c1-2-3-12-18-19-10(7-20)13(17-14(19)23-12)8-4-5-9-11(6-8)22-15(21)16-9/h4-7H,2-3H2,1H3,(H,16,21). The van der Waals surface area contributed by atoms with Gasteiger partial charge in [-0.05, 0) is 18.6 Å². The average Bonchev–Trinajstić information content (AvgIpc) is 3.17. The summed E-state index contributed by atoms with van der Waals surface area (Å²) in [7, 11) is 0. The average molecular weight is 328 g/mol. The molecule has 4 aromatic rings. The summed E-state index contributed by atoms with van der Waals surface area (Å²) in [5.41, 5.74) is 2.68. The number of aromatic amines is 1. The second kappa shape index (κ2) is 5.17. The first-order chi connectivity index (χ1) is 11.2. The first-order valence-corrected chi connectivity index (χ1v) is 7.98. The van der Waals surface area contributed by atoms with E-state index in [1.807, 2.05) is 0 Å². The number of aldehydes is 1. The molecular formula is C15H12N4O3S. The molecule has 3 heterocycles. The van der Waals surface area contributed by atoms with Crippen LogP contribution in [-0.2, 0) is 6.42 Å². The van der Waals surface area contributed by atoms with Gasteiger partial charge in [0.25, 0.3) is 0 Å². The minimum absolute atomic E-state index is 0.399. The molecule has 116 valence electrons. The van der Waals surface area contributed by atoms with Gasteiger partial charge >= 0.3 is 5.76 Å². The van der Waals surface area contributed by atoms with Crippen LogP contribution in [0.15, 0.2) is 27.4 Å². The first-order valence-electron chi connectivity index (χ1n) is 7.16. The molecule has 0 aliphatic rings. The minimum atomic E-state index is -0.510. The van der Waals surface area contributed by atoms with Crippen LogP contribution in [0.1, 0.15) is 28.8 Å². The number of aryl methyl sites for hydroxylation is 1. The number of fused-ring (bicyclic) bond motifs is 2. The van der Waals surface area contributed by atoms with Gasteiger partial charge in [0.15, 0.2) is 11.9 Å². The molecule has 0 atom stereocenters. The van der Waals surface area contributed by atoms with Crippen molar-refractivity contribution in [3.8, 4) is 11.3 Å². The van der Waals surface area contributed by atoms with Crippen LogP contribution in [0.5, 0.6) is 0 Å². The first kappa shape index (κ1) is 13.9. The number of hydrogen-bond donors (Lipinski definition) is 1. The molecule has 1 aromatic carbocycles. The molecule has 8 heteroatoms. The van der Waals surface area contributed by atoms with Crippen molar-refractivity contribution in [1.82, 2.24) is 19.6 Å². The molecule has 1 N–H and O–H groups in total. The molecular weight excluding hydrogens is 316 g/mol. The number of rotatable bonds is 4. The molecule has 4 rings (SSSR count). The second-order valence-electron chi connectivity index (χ2n) is 5.13. The number of aromatic nitrogens is 4. The molecule has 0 aliphatic carbocycles. The van der Waals surface area contributed by atoms with Crippen molar-refractivity contribution >= 4 is 33.7 Å². The van der Waals surface area contributed by atoms with Crippen molar-refractivity contribution in [2.75, 3.05) is 0 Å². The highest BCUT2D eigenvalue weighted by molar-refractivity contribution is 7.16. The summed E-state index contributed by atoms with van der Waals surface area (Å²) in [5, 5.41) is 5.40. The molecule has 0 spiro atoms. The van der Waals surface area contributed by atoms with Crippen molar-refractivity contribution in [3.05, 3.63) is 39.5 Å². The Morgan fingerprint density at radius 1 is 1.43 bits per heavy atom. The molecule has 0 amide bonds. The van der Waals surface area contributed by atoms with E-state index in [4.69, 9.17) is 4.42 Å². The van der Waals surface area contributed by atoms with Gasteiger partial charge in [-0.15, -0.1) is 0 Å². The fraction of sp³-hybridized carbons (Fsp3) is 0.200. The van der Waals surface area contributed by atoms with Gasteiger partial charge in [0.05, 0.1) is 5.52 Å². The number of nitrogens with zero attached hydrogens (tertiary/aromatic N) is 3. The molecule has 23 heavy (non-hydrogen) atoms. The van der Waals surface area contributed by atoms with Crippen LogP contribution in [0.25, 0.3) is 27.3 Å².